The van der Waals surface area contributed by atoms with Gasteiger partial charge in [0.05, 0.1) is 12.1 Å². The highest BCUT2D eigenvalue weighted by Gasteiger charge is 2.58. The zero-order valence-electron chi connectivity index (χ0n) is 8.96. The SMILES string of the molecule is C/C=C(/Cl)C1=C(Cl)C(=O)[C@H](Cl)C1(O)C(=O)OC. The molecule has 17 heavy (non-hydrogen) atoms. The summed E-state index contributed by atoms with van der Waals surface area (Å²) in [6, 6.07) is 0. The van der Waals surface area contributed by atoms with Gasteiger partial charge in [-0.05, 0) is 6.92 Å². The number of halogens is 3. The number of hydrogen-bond donors (Lipinski definition) is 1. The molecule has 0 radical (unpaired) electrons. The summed E-state index contributed by atoms with van der Waals surface area (Å²) in [5.41, 5.74) is -2.58. The molecule has 1 unspecified atom stereocenters. The van der Waals surface area contributed by atoms with Crippen molar-refractivity contribution in [2.45, 2.75) is 17.9 Å². The van der Waals surface area contributed by atoms with Crippen LogP contribution in [-0.2, 0) is 14.3 Å². The van der Waals surface area contributed by atoms with E-state index in [-0.39, 0.29) is 15.6 Å². The third-order valence-corrected chi connectivity index (χ3v) is 3.70. The number of esters is 1. The minimum atomic E-state index is -2.35. The Morgan fingerprint density at radius 3 is 2.53 bits per heavy atom. The summed E-state index contributed by atoms with van der Waals surface area (Å²) < 4.78 is 4.42. The maximum atomic E-state index is 11.6. The van der Waals surface area contributed by atoms with Crippen molar-refractivity contribution in [2.24, 2.45) is 0 Å². The quantitative estimate of drug-likeness (QED) is 0.623. The average Bonchev–Trinajstić information content (AvgIpc) is 2.50. The van der Waals surface area contributed by atoms with Crippen LogP contribution in [0, 0.1) is 0 Å². The Morgan fingerprint density at radius 1 is 1.59 bits per heavy atom. The lowest BCUT2D eigenvalue weighted by Crippen LogP contribution is -2.48. The first kappa shape index (κ1) is 14.5. The van der Waals surface area contributed by atoms with Gasteiger partial charge < -0.3 is 9.84 Å². The third-order valence-electron chi connectivity index (χ3n) is 2.40. The van der Waals surface area contributed by atoms with Crippen LogP contribution in [0.25, 0.3) is 0 Å². The fourth-order valence-corrected chi connectivity index (χ4v) is 2.52. The van der Waals surface area contributed by atoms with Gasteiger partial charge in [0, 0.05) is 10.6 Å². The van der Waals surface area contributed by atoms with Crippen LogP contribution < -0.4 is 0 Å². The molecule has 0 bridgehead atoms. The Hall–Kier alpha value is -0.550. The molecule has 1 rings (SSSR count). The highest BCUT2D eigenvalue weighted by Crippen LogP contribution is 2.44. The molecular weight excluding hydrogens is 290 g/mol. The van der Waals surface area contributed by atoms with Crippen LogP contribution in [0.1, 0.15) is 6.92 Å². The summed E-state index contributed by atoms with van der Waals surface area (Å²) in [5, 5.41) is 8.30. The molecule has 0 amide bonds. The molecule has 0 heterocycles. The molecular formula is C10H9Cl3O4. The number of carbonyl (C=O) groups excluding carboxylic acids is 2. The summed E-state index contributed by atoms with van der Waals surface area (Å²) in [6.07, 6.45) is 1.38. The average molecular weight is 300 g/mol. The number of Topliss-reactive ketones (excluding diaryl/α,β-unsaturated/α-hetero) is 1. The highest BCUT2D eigenvalue weighted by molar-refractivity contribution is 6.53. The second kappa shape index (κ2) is 4.98. The summed E-state index contributed by atoms with van der Waals surface area (Å²) in [4.78, 5) is 23.2. The largest absolute Gasteiger partial charge is 0.467 e. The highest BCUT2D eigenvalue weighted by atomic mass is 35.5. The fourth-order valence-electron chi connectivity index (χ4n) is 1.51. The van der Waals surface area contributed by atoms with E-state index in [1.807, 2.05) is 0 Å². The van der Waals surface area contributed by atoms with E-state index in [4.69, 9.17) is 34.8 Å². The number of aliphatic hydroxyl groups is 1. The fraction of sp³-hybridized carbons (Fsp3) is 0.400. The van der Waals surface area contributed by atoms with Crippen LogP contribution in [0.3, 0.4) is 0 Å². The Morgan fingerprint density at radius 2 is 2.12 bits per heavy atom. The molecule has 0 aromatic rings. The van der Waals surface area contributed by atoms with Crippen LogP contribution in [0.5, 0.6) is 0 Å². The van der Waals surface area contributed by atoms with E-state index in [1.54, 1.807) is 6.92 Å². The van der Waals surface area contributed by atoms with Crippen molar-refractivity contribution in [1.29, 1.82) is 0 Å². The number of ketones is 1. The standard InChI is InChI=1S/C10H9Cl3O4/c1-3-4(11)5-6(12)7(14)8(13)10(5,16)9(15)17-2/h3,8,16H,1-2H3/b4-3+/t8-,10?/m0/s1. The van der Waals surface area contributed by atoms with Crippen molar-refractivity contribution < 1.29 is 19.4 Å². The minimum Gasteiger partial charge on any atom is -0.467 e. The second-order valence-electron chi connectivity index (χ2n) is 3.31. The van der Waals surface area contributed by atoms with Gasteiger partial charge in [-0.25, -0.2) is 4.79 Å². The zero-order valence-corrected chi connectivity index (χ0v) is 11.2. The van der Waals surface area contributed by atoms with Crippen LogP contribution in [0.15, 0.2) is 21.7 Å². The molecule has 94 valence electrons. The van der Waals surface area contributed by atoms with Crippen LogP contribution >= 0.6 is 34.8 Å². The number of carbonyl (C=O) groups is 2. The van der Waals surface area contributed by atoms with Crippen molar-refractivity contribution in [3.63, 3.8) is 0 Å². The Labute approximate surface area is 113 Å². The van der Waals surface area contributed by atoms with Gasteiger partial charge in [-0.15, -0.1) is 11.6 Å². The first-order valence-electron chi connectivity index (χ1n) is 4.53. The Kier molecular flexibility index (Phi) is 4.25. The first-order valence-corrected chi connectivity index (χ1v) is 5.73. The number of ether oxygens (including phenoxy) is 1. The smallest absolute Gasteiger partial charge is 0.344 e. The molecule has 0 saturated carbocycles. The van der Waals surface area contributed by atoms with Crippen molar-refractivity contribution >= 4 is 46.6 Å². The molecule has 1 aliphatic carbocycles. The van der Waals surface area contributed by atoms with E-state index in [2.05, 4.69) is 4.74 Å². The third kappa shape index (κ3) is 1.99. The maximum absolute atomic E-state index is 11.6. The van der Waals surface area contributed by atoms with Crippen molar-refractivity contribution in [3.05, 3.63) is 21.7 Å². The monoisotopic (exact) mass is 298 g/mol. The molecule has 0 aromatic carbocycles. The van der Waals surface area contributed by atoms with E-state index < -0.39 is 22.7 Å². The molecule has 0 saturated heterocycles. The first-order chi connectivity index (χ1) is 7.82. The number of methoxy groups -OCH3 is 1. The molecule has 0 fully saturated rings. The van der Waals surface area contributed by atoms with Crippen molar-refractivity contribution in [1.82, 2.24) is 0 Å². The summed E-state index contributed by atoms with van der Waals surface area (Å²) in [6.45, 7) is 1.56. The van der Waals surface area contributed by atoms with Crippen molar-refractivity contribution in [3.8, 4) is 0 Å². The maximum Gasteiger partial charge on any atom is 0.344 e. The van der Waals surface area contributed by atoms with Gasteiger partial charge in [-0.3, -0.25) is 4.79 Å². The predicted molar refractivity (Wildman–Crippen MR) is 64.1 cm³/mol. The molecule has 7 heteroatoms. The van der Waals surface area contributed by atoms with Crippen LogP contribution in [0.2, 0.25) is 0 Å². The number of rotatable bonds is 2. The van der Waals surface area contributed by atoms with Gasteiger partial charge >= 0.3 is 5.97 Å². The van der Waals surface area contributed by atoms with E-state index in [9.17, 15) is 14.7 Å². The lowest BCUT2D eigenvalue weighted by atomic mass is 9.94. The van der Waals surface area contributed by atoms with E-state index in [0.29, 0.717) is 0 Å². The van der Waals surface area contributed by atoms with Crippen molar-refractivity contribution in [2.75, 3.05) is 7.11 Å². The molecule has 2 atom stereocenters. The lowest BCUT2D eigenvalue weighted by molar-refractivity contribution is -0.158. The van der Waals surface area contributed by atoms with Gasteiger partial charge in [0.15, 0.2) is 5.78 Å². The summed E-state index contributed by atoms with van der Waals surface area (Å²) in [5.74, 6) is -1.85. The number of hydrogen-bond acceptors (Lipinski definition) is 4. The molecule has 4 nitrogen and oxygen atoms in total. The van der Waals surface area contributed by atoms with Gasteiger partial charge in [-0.1, -0.05) is 29.3 Å². The molecule has 0 spiro atoms. The zero-order chi connectivity index (χ0) is 13.4. The van der Waals surface area contributed by atoms with E-state index in [0.717, 1.165) is 7.11 Å². The van der Waals surface area contributed by atoms with Gasteiger partial charge in [-0.2, -0.15) is 0 Å². The number of alkyl halides is 1. The van der Waals surface area contributed by atoms with Crippen LogP contribution in [0.4, 0.5) is 0 Å². The predicted octanol–water partition coefficient (Wildman–Crippen LogP) is 1.72. The lowest BCUT2D eigenvalue weighted by Gasteiger charge is -2.25. The van der Waals surface area contributed by atoms with Gasteiger partial charge in [0.1, 0.15) is 5.38 Å². The summed E-state index contributed by atoms with van der Waals surface area (Å²) in [7, 11) is 1.06. The van der Waals surface area contributed by atoms with E-state index >= 15 is 0 Å². The number of allylic oxidation sites excluding steroid dienone is 2. The normalized spacial score (nSPS) is 29.9. The van der Waals surface area contributed by atoms with Gasteiger partial charge in [0.2, 0.25) is 5.60 Å². The van der Waals surface area contributed by atoms with E-state index in [1.165, 1.54) is 6.08 Å². The Balaban J connectivity index is 3.48. The topological polar surface area (TPSA) is 63.6 Å². The Bertz CT molecular complexity index is 441. The van der Waals surface area contributed by atoms with Crippen LogP contribution in [-0.4, -0.2) is 34.9 Å². The second-order valence-corrected chi connectivity index (χ2v) is 4.53. The van der Waals surface area contributed by atoms with Gasteiger partial charge in [0.25, 0.3) is 0 Å². The molecule has 0 aliphatic heterocycles. The molecule has 0 aromatic heterocycles. The minimum absolute atomic E-state index is 0.0283. The summed E-state index contributed by atoms with van der Waals surface area (Å²) >= 11 is 17.3. The molecule has 1 aliphatic rings. The molecule has 1 N–H and O–H groups in total.